The van der Waals surface area contributed by atoms with Gasteiger partial charge in [0, 0.05) is 53.2 Å². The van der Waals surface area contributed by atoms with Gasteiger partial charge in [0.25, 0.3) is 20.2 Å². The molecule has 2 N–H and O–H groups in total. The van der Waals surface area contributed by atoms with Crippen molar-refractivity contribution in [3.63, 3.8) is 0 Å². The van der Waals surface area contributed by atoms with E-state index in [4.69, 9.17) is 46.3 Å². The third kappa shape index (κ3) is 19.5. The third-order valence-electron chi connectivity index (χ3n) is 25.9. The second-order valence-corrected chi connectivity index (χ2v) is 40.3. The Balaban J connectivity index is 0.000000149. The van der Waals surface area contributed by atoms with Crippen molar-refractivity contribution in [3.05, 3.63) is 36.5 Å². The van der Waals surface area contributed by atoms with Crippen LogP contribution in [-0.4, -0.2) is 157 Å². The molecule has 0 spiro atoms. The minimum Gasteiger partial charge on any atom is -0.459 e. The van der Waals surface area contributed by atoms with Crippen molar-refractivity contribution in [2.24, 2.45) is 63.6 Å². The van der Waals surface area contributed by atoms with Crippen molar-refractivity contribution in [3.8, 4) is 0 Å². The first-order valence-corrected chi connectivity index (χ1v) is 41.9. The number of fused-ring (bicyclic) bond motifs is 2. The molecule has 0 amide bonds. The monoisotopic (exact) mass is 1530 g/mol. The van der Waals surface area contributed by atoms with Gasteiger partial charge in [-0.1, -0.05) is 40.5 Å². The third-order valence-corrected chi connectivity index (χ3v) is 29.5. The standard InChI is InChI=1S/C16H26O3.C15H22O7S.C14H20O3.C13H16O7S.C12H22O2.C10H16O2/c1-4-14(2,3)13(17)19-16-8-11-5-12(9-16)7-15(18,6-11)10-16;1-4-15(2,3)14(17)20-7-11(16)21-12-8-5-9-10(6-8)23(18,19)22-13(9)12;1-9(2)12(15)17-14-6-10-3-11(7-14)5-13(16,4-10)8-14;1-6(2)13(15)18-5-10(14)19-11-7-3-8-9(4-7)21(16,17)20-12(8)11;1-5-11(2,3)10(13)14-12(4)8-6-7-9-12;1-8(2)9(11)12-10(3)6-4-5-7-10/h11-12,18H,4-10H2,1-3H3;8-10,12-13H,4-7H2,1-3H3;10-11,16H,1,3-8H2,2H3;7-9,11-12H,1,3-5H2,2H3;5-9H2,1-4H3;1,4-7H2,2-3H3. The van der Waals surface area contributed by atoms with Gasteiger partial charge >= 0.3 is 47.8 Å². The van der Waals surface area contributed by atoms with Gasteiger partial charge in [0.2, 0.25) is 0 Å². The number of hydrogen-bond acceptors (Lipinski definition) is 24. The molecule has 16 fully saturated rings. The molecule has 0 radical (unpaired) electrons. The number of carbonyl (C=O) groups excluding carboxylic acids is 8. The van der Waals surface area contributed by atoms with Crippen LogP contribution >= 0.6 is 0 Å². The largest absolute Gasteiger partial charge is 0.459 e. The summed E-state index contributed by atoms with van der Waals surface area (Å²) >= 11 is 0. The molecule has 598 valence electrons. The molecule has 0 aromatic rings. The van der Waals surface area contributed by atoms with Crippen LogP contribution in [0.1, 0.15) is 270 Å². The summed E-state index contributed by atoms with van der Waals surface area (Å²) < 4.78 is 100. The first-order chi connectivity index (χ1) is 49.0. The molecule has 16 aliphatic rings. The van der Waals surface area contributed by atoms with Crippen molar-refractivity contribution in [2.45, 2.75) is 339 Å². The SMILES string of the molecule is C=C(C)C(=O)OC1(C)CCCC1.C=C(C)C(=O)OC12CC3CC(CC(O)(C3)C1)C2.C=C(C)C(=O)OCC(=O)OC1C2CC3C1OS(=O)(=O)C3C2.CCC(C)(C)C(=O)OC1(C)CCCC1.CCC(C)(C)C(=O)OC12CC3CC(CC(O)(C3)C1)C2.CCC(C)(C)C(=O)OCC(=O)OC1C2CC3C1OS(=O)(=O)C3C2. The van der Waals surface area contributed by atoms with Gasteiger partial charge in [-0.25, -0.2) is 24.0 Å². The van der Waals surface area contributed by atoms with E-state index in [0.29, 0.717) is 79.8 Å². The van der Waals surface area contributed by atoms with Crippen LogP contribution in [0.25, 0.3) is 0 Å². The summed E-state index contributed by atoms with van der Waals surface area (Å²) in [5.41, 5.74) is -2.52. The van der Waals surface area contributed by atoms with Crippen molar-refractivity contribution >= 4 is 68.0 Å². The van der Waals surface area contributed by atoms with Gasteiger partial charge in [0.15, 0.2) is 13.2 Å². The van der Waals surface area contributed by atoms with Crippen LogP contribution in [0.3, 0.4) is 0 Å². The van der Waals surface area contributed by atoms with E-state index in [0.717, 1.165) is 89.9 Å². The van der Waals surface area contributed by atoms with Crippen LogP contribution in [0, 0.1) is 63.6 Å². The van der Waals surface area contributed by atoms with Gasteiger partial charge in [-0.2, -0.15) is 16.8 Å². The summed E-state index contributed by atoms with van der Waals surface area (Å²) in [6, 6.07) is 0. The molecular weight excluding hydrogens is 1410 g/mol. The summed E-state index contributed by atoms with van der Waals surface area (Å²) in [4.78, 5) is 93.8. The predicted molar refractivity (Wildman–Crippen MR) is 389 cm³/mol. The molecule has 14 unspecified atom stereocenters. The van der Waals surface area contributed by atoms with E-state index in [-0.39, 0.29) is 75.3 Å². The van der Waals surface area contributed by atoms with Gasteiger partial charge < -0.3 is 48.1 Å². The molecule has 0 aromatic carbocycles. The Labute approximate surface area is 628 Å². The van der Waals surface area contributed by atoms with Gasteiger partial charge in [-0.15, -0.1) is 0 Å². The quantitative estimate of drug-likeness (QED) is 0.0525. The normalized spacial score (nSPS) is 36.2. The number of carbonyl (C=O) groups is 8. The smallest absolute Gasteiger partial charge is 0.344 e. The molecule has 24 nitrogen and oxygen atoms in total. The Hall–Kier alpha value is -5.28. The summed E-state index contributed by atoms with van der Waals surface area (Å²) in [6.07, 6.45) is 22.2. The topological polar surface area (TPSA) is 338 Å². The fraction of sp³-hybridized carbons (Fsp3) is 0.825. The highest BCUT2D eigenvalue weighted by atomic mass is 32.2. The van der Waals surface area contributed by atoms with E-state index in [1.165, 1.54) is 45.4 Å². The molecule has 26 heteroatoms. The van der Waals surface area contributed by atoms with Crippen LogP contribution < -0.4 is 0 Å². The van der Waals surface area contributed by atoms with Gasteiger partial charge in [-0.05, 0) is 260 Å². The molecule has 16 rings (SSSR count). The lowest BCUT2D eigenvalue weighted by molar-refractivity contribution is -0.225. The molecule has 14 atom stereocenters. The second kappa shape index (κ2) is 31.8. The Bertz CT molecular complexity index is 3560. The van der Waals surface area contributed by atoms with E-state index >= 15 is 0 Å². The van der Waals surface area contributed by atoms with E-state index in [9.17, 15) is 65.4 Å². The van der Waals surface area contributed by atoms with E-state index < -0.39 is 120 Å². The zero-order valence-electron chi connectivity index (χ0n) is 65.4. The maximum atomic E-state index is 12.4. The number of hydrogen-bond donors (Lipinski definition) is 2. The Morgan fingerprint density at radius 1 is 0.443 bits per heavy atom. The first kappa shape index (κ1) is 84.7. The zero-order valence-corrected chi connectivity index (χ0v) is 67.0. The van der Waals surface area contributed by atoms with Gasteiger partial charge in [0.1, 0.15) is 46.8 Å². The Morgan fingerprint density at radius 2 is 0.774 bits per heavy atom. The lowest BCUT2D eigenvalue weighted by Gasteiger charge is -2.59. The molecule has 106 heavy (non-hydrogen) atoms. The van der Waals surface area contributed by atoms with E-state index in [1.807, 2.05) is 55.4 Å². The van der Waals surface area contributed by atoms with Crippen LogP contribution in [0.5, 0.6) is 0 Å². The van der Waals surface area contributed by atoms with E-state index in [2.05, 4.69) is 26.7 Å². The van der Waals surface area contributed by atoms with Gasteiger partial charge in [0.05, 0.1) is 37.9 Å². The number of aliphatic hydroxyl groups is 2. The summed E-state index contributed by atoms with van der Waals surface area (Å²) in [6.45, 7) is 35.7. The summed E-state index contributed by atoms with van der Waals surface area (Å²) in [5, 5.41) is 20.3. The van der Waals surface area contributed by atoms with Crippen LogP contribution in [0.2, 0.25) is 0 Å². The lowest BCUT2D eigenvalue weighted by Crippen LogP contribution is -2.61. The molecule has 2 aliphatic heterocycles. The molecule has 2 heterocycles. The summed E-state index contributed by atoms with van der Waals surface area (Å²) in [5.74, 6) is -1.10. The van der Waals surface area contributed by atoms with Crippen molar-refractivity contribution < 1.29 is 112 Å². The molecule has 14 saturated carbocycles. The predicted octanol–water partition coefficient (Wildman–Crippen LogP) is 12.1. The highest BCUT2D eigenvalue weighted by Gasteiger charge is 2.67. The molecule has 2 saturated heterocycles. The van der Waals surface area contributed by atoms with Crippen molar-refractivity contribution in [1.82, 2.24) is 0 Å². The van der Waals surface area contributed by atoms with Crippen LogP contribution in [0.15, 0.2) is 36.5 Å². The molecule has 14 aliphatic carbocycles. The van der Waals surface area contributed by atoms with Crippen LogP contribution in [0.4, 0.5) is 0 Å². The molecule has 12 bridgehead atoms. The highest BCUT2D eigenvalue weighted by molar-refractivity contribution is 7.88. The highest BCUT2D eigenvalue weighted by Crippen LogP contribution is 2.62. The first-order valence-electron chi connectivity index (χ1n) is 39.0. The molecule has 0 aromatic heterocycles. The maximum absolute atomic E-state index is 12.4. The Kier molecular flexibility index (Phi) is 25.4. The lowest BCUT2D eigenvalue weighted by atomic mass is 9.52. The van der Waals surface area contributed by atoms with Gasteiger partial charge in [-0.3, -0.25) is 22.7 Å². The molecular formula is C80H122O24S2. The number of ether oxygens (including phenoxy) is 8. The summed E-state index contributed by atoms with van der Waals surface area (Å²) in [7, 11) is -7.05. The van der Waals surface area contributed by atoms with E-state index in [1.54, 1.807) is 27.7 Å². The fourth-order valence-corrected chi connectivity index (χ4v) is 23.5. The average molecular weight is 1530 g/mol. The number of esters is 8. The minimum atomic E-state index is -3.53. The van der Waals surface area contributed by atoms with Crippen LogP contribution in [-0.2, 0) is 105 Å². The fourth-order valence-electron chi connectivity index (χ4n) is 19.7. The average Bonchev–Trinajstić information content (AvgIpc) is 1.54. The maximum Gasteiger partial charge on any atom is 0.344 e. The second-order valence-electron chi connectivity index (χ2n) is 36.7. The van der Waals surface area contributed by atoms with Crippen molar-refractivity contribution in [1.29, 1.82) is 0 Å². The number of rotatable bonds is 19. The van der Waals surface area contributed by atoms with Crippen molar-refractivity contribution in [2.75, 3.05) is 13.2 Å². The minimum absolute atomic E-state index is 0.00284. The zero-order chi connectivity index (χ0) is 78.5. The Morgan fingerprint density at radius 3 is 1.13 bits per heavy atom.